The molecule has 3 nitrogen and oxygen atoms in total. The average Bonchev–Trinajstić information content (AvgIpc) is 2.70. The van der Waals surface area contributed by atoms with E-state index in [1.54, 1.807) is 0 Å². The number of aryl methyl sites for hydroxylation is 1. The fourth-order valence-corrected chi connectivity index (χ4v) is 3.87. The second kappa shape index (κ2) is 9.94. The Labute approximate surface area is 194 Å². The molecular formula is C29H40O3. The number of unbranched alkanes of at least 4 members (excludes halogenated alkanes) is 1. The fourth-order valence-electron chi connectivity index (χ4n) is 3.87. The minimum absolute atomic E-state index is 0.0662. The van der Waals surface area contributed by atoms with Crippen molar-refractivity contribution < 1.29 is 14.6 Å². The number of hydrogen-bond acceptors (Lipinski definition) is 3. The summed E-state index contributed by atoms with van der Waals surface area (Å²) in [6.45, 7) is 20.7. The number of carbonyl (C=O) groups excluding carboxylic acids is 1. The Bertz CT molecular complexity index is 971. The molecule has 1 unspecified atom stereocenters. The highest BCUT2D eigenvalue weighted by atomic mass is 16.5. The molecule has 0 fully saturated rings. The normalized spacial score (nSPS) is 13.0. The minimum Gasteiger partial charge on any atom is -0.507 e. The molecule has 0 saturated carbocycles. The average molecular weight is 437 g/mol. The van der Waals surface area contributed by atoms with E-state index < -0.39 is 5.97 Å². The second-order valence-corrected chi connectivity index (χ2v) is 10.8. The molecule has 0 amide bonds. The summed E-state index contributed by atoms with van der Waals surface area (Å²) in [6, 6.07) is 10.2. The molecule has 0 bridgehead atoms. The van der Waals surface area contributed by atoms with Gasteiger partial charge in [-0.2, -0.15) is 0 Å². The zero-order valence-corrected chi connectivity index (χ0v) is 21.1. The van der Waals surface area contributed by atoms with Crippen molar-refractivity contribution in [3.05, 3.63) is 70.8 Å². The van der Waals surface area contributed by atoms with Crippen molar-refractivity contribution in [2.75, 3.05) is 0 Å². The molecule has 1 N–H and O–H groups in total. The molecule has 0 aliphatic carbocycles. The Morgan fingerprint density at radius 2 is 1.72 bits per heavy atom. The third-order valence-corrected chi connectivity index (χ3v) is 6.02. The highest BCUT2D eigenvalue weighted by molar-refractivity contribution is 5.83. The van der Waals surface area contributed by atoms with Gasteiger partial charge in [0.25, 0.3) is 0 Å². The largest absolute Gasteiger partial charge is 0.507 e. The van der Waals surface area contributed by atoms with Crippen LogP contribution in [0, 0.1) is 0 Å². The standard InChI is InChI=1S/C29H40O3/c1-10-12-13-20-14-15-25(32-26(30)11-2)22(16-20)19(3)23-17-21(28(4,5)6)18-24(27(23)31)29(7,8)9/h11,14-19,31H,2,10,12-13H2,1,3-9H3. The van der Waals surface area contributed by atoms with Gasteiger partial charge in [-0.15, -0.1) is 0 Å². The molecule has 0 radical (unpaired) electrons. The van der Waals surface area contributed by atoms with Crippen LogP contribution in [0.5, 0.6) is 11.5 Å². The molecule has 0 aromatic heterocycles. The second-order valence-electron chi connectivity index (χ2n) is 10.8. The highest BCUT2D eigenvalue weighted by Gasteiger charge is 2.28. The summed E-state index contributed by atoms with van der Waals surface area (Å²) in [5, 5.41) is 11.4. The first-order valence-corrected chi connectivity index (χ1v) is 11.6. The number of rotatable bonds is 7. The van der Waals surface area contributed by atoms with Crippen molar-refractivity contribution in [2.24, 2.45) is 0 Å². The molecular weight excluding hydrogens is 396 g/mol. The van der Waals surface area contributed by atoms with Gasteiger partial charge in [0, 0.05) is 23.1 Å². The van der Waals surface area contributed by atoms with E-state index >= 15 is 0 Å². The lowest BCUT2D eigenvalue weighted by molar-refractivity contribution is -0.129. The Kier molecular flexibility index (Phi) is 7.98. The minimum atomic E-state index is -0.484. The molecule has 1 atom stereocenters. The maximum Gasteiger partial charge on any atom is 0.335 e. The number of ether oxygens (including phenoxy) is 1. The maximum atomic E-state index is 12.0. The number of phenols is 1. The van der Waals surface area contributed by atoms with E-state index in [0.717, 1.165) is 36.0 Å². The number of esters is 1. The van der Waals surface area contributed by atoms with Crippen LogP contribution in [0.3, 0.4) is 0 Å². The van der Waals surface area contributed by atoms with Gasteiger partial charge in [0.05, 0.1) is 0 Å². The van der Waals surface area contributed by atoms with Gasteiger partial charge < -0.3 is 9.84 Å². The Morgan fingerprint density at radius 3 is 2.25 bits per heavy atom. The van der Waals surface area contributed by atoms with E-state index in [4.69, 9.17) is 4.74 Å². The quantitative estimate of drug-likeness (QED) is 0.276. The van der Waals surface area contributed by atoms with Crippen LogP contribution < -0.4 is 4.74 Å². The third kappa shape index (κ3) is 6.03. The Balaban J connectivity index is 2.72. The number of carbonyl (C=O) groups is 1. The van der Waals surface area contributed by atoms with Crippen LogP contribution >= 0.6 is 0 Å². The van der Waals surface area contributed by atoms with Gasteiger partial charge in [0.1, 0.15) is 11.5 Å². The topological polar surface area (TPSA) is 46.5 Å². The van der Waals surface area contributed by atoms with E-state index in [9.17, 15) is 9.90 Å². The molecule has 2 rings (SSSR count). The lowest BCUT2D eigenvalue weighted by Crippen LogP contribution is -2.18. The van der Waals surface area contributed by atoms with Gasteiger partial charge in [0.15, 0.2) is 0 Å². The molecule has 3 heteroatoms. The van der Waals surface area contributed by atoms with Crippen LogP contribution in [0.15, 0.2) is 43.0 Å². The lowest BCUT2D eigenvalue weighted by atomic mass is 9.76. The smallest absolute Gasteiger partial charge is 0.335 e. The zero-order valence-electron chi connectivity index (χ0n) is 21.1. The molecule has 2 aromatic rings. The van der Waals surface area contributed by atoms with Crippen LogP contribution in [0.4, 0.5) is 0 Å². The van der Waals surface area contributed by atoms with Crippen LogP contribution in [0.25, 0.3) is 0 Å². The number of hydrogen-bond donors (Lipinski definition) is 1. The monoisotopic (exact) mass is 436 g/mol. The van der Waals surface area contributed by atoms with Crippen LogP contribution in [0.2, 0.25) is 0 Å². The fraction of sp³-hybridized carbons (Fsp3) is 0.483. The predicted molar refractivity (Wildman–Crippen MR) is 134 cm³/mol. The number of phenolic OH excluding ortho intramolecular Hbond substituents is 1. The van der Waals surface area contributed by atoms with Gasteiger partial charge in [-0.25, -0.2) is 4.79 Å². The first-order chi connectivity index (χ1) is 14.8. The molecule has 0 heterocycles. The van der Waals surface area contributed by atoms with Crippen molar-refractivity contribution in [1.29, 1.82) is 0 Å². The summed E-state index contributed by atoms with van der Waals surface area (Å²) < 4.78 is 5.59. The zero-order chi connectivity index (χ0) is 24.3. The summed E-state index contributed by atoms with van der Waals surface area (Å²) in [7, 11) is 0. The number of benzene rings is 2. The SMILES string of the molecule is C=CC(=O)Oc1ccc(CCCC)cc1C(C)c1cc(C(C)(C)C)cc(C(C)(C)C)c1O. The van der Waals surface area contributed by atoms with E-state index in [0.29, 0.717) is 11.5 Å². The van der Waals surface area contributed by atoms with Gasteiger partial charge in [-0.3, -0.25) is 0 Å². The highest BCUT2D eigenvalue weighted by Crippen LogP contribution is 2.43. The number of aromatic hydroxyl groups is 1. The van der Waals surface area contributed by atoms with Gasteiger partial charge in [0.2, 0.25) is 0 Å². The molecule has 2 aromatic carbocycles. The maximum absolute atomic E-state index is 12.0. The van der Waals surface area contributed by atoms with E-state index in [2.05, 4.69) is 80.2 Å². The first-order valence-electron chi connectivity index (χ1n) is 11.6. The Hall–Kier alpha value is -2.55. The van der Waals surface area contributed by atoms with E-state index in [-0.39, 0.29) is 16.7 Å². The van der Waals surface area contributed by atoms with Gasteiger partial charge in [-0.05, 0) is 46.4 Å². The molecule has 0 spiro atoms. The summed E-state index contributed by atoms with van der Waals surface area (Å²) in [5.74, 6) is 0.189. The molecule has 174 valence electrons. The van der Waals surface area contributed by atoms with Crippen LogP contribution in [-0.2, 0) is 22.0 Å². The van der Waals surface area contributed by atoms with Crippen molar-refractivity contribution in [3.8, 4) is 11.5 Å². The summed E-state index contributed by atoms with van der Waals surface area (Å²) in [6.07, 6.45) is 4.35. The van der Waals surface area contributed by atoms with Crippen molar-refractivity contribution in [1.82, 2.24) is 0 Å². The molecule has 0 aliphatic rings. The van der Waals surface area contributed by atoms with Crippen molar-refractivity contribution in [2.45, 2.75) is 91.4 Å². The third-order valence-electron chi connectivity index (χ3n) is 6.02. The first kappa shape index (κ1) is 25.7. The van der Waals surface area contributed by atoms with E-state index in [1.807, 2.05) is 12.1 Å². The molecule has 0 saturated heterocycles. The summed E-state index contributed by atoms with van der Waals surface area (Å²) in [5.41, 5.74) is 4.78. The lowest BCUT2D eigenvalue weighted by Gasteiger charge is -2.29. The van der Waals surface area contributed by atoms with Crippen molar-refractivity contribution >= 4 is 5.97 Å². The predicted octanol–water partition coefficient (Wildman–Crippen LogP) is 7.57. The van der Waals surface area contributed by atoms with Crippen molar-refractivity contribution in [3.63, 3.8) is 0 Å². The summed E-state index contributed by atoms with van der Waals surface area (Å²) in [4.78, 5) is 12.0. The Morgan fingerprint density at radius 1 is 1.06 bits per heavy atom. The molecule has 32 heavy (non-hydrogen) atoms. The van der Waals surface area contributed by atoms with Gasteiger partial charge in [-0.1, -0.05) is 92.7 Å². The summed E-state index contributed by atoms with van der Waals surface area (Å²) >= 11 is 0. The van der Waals surface area contributed by atoms with Crippen LogP contribution in [0.1, 0.15) is 102 Å². The van der Waals surface area contributed by atoms with E-state index in [1.165, 1.54) is 17.2 Å². The van der Waals surface area contributed by atoms with Crippen LogP contribution in [-0.4, -0.2) is 11.1 Å². The van der Waals surface area contributed by atoms with Gasteiger partial charge >= 0.3 is 5.97 Å². The molecule has 0 aliphatic heterocycles.